The van der Waals surface area contributed by atoms with Gasteiger partial charge in [0.2, 0.25) is 0 Å². The molecule has 0 saturated heterocycles. The summed E-state index contributed by atoms with van der Waals surface area (Å²) in [6, 6.07) is 8.26. The molecule has 28 heavy (non-hydrogen) atoms. The first-order valence-electron chi connectivity index (χ1n) is 9.63. The van der Waals surface area contributed by atoms with Crippen LogP contribution in [0, 0.1) is 0 Å². The molecule has 1 aliphatic rings. The van der Waals surface area contributed by atoms with Crippen molar-refractivity contribution in [2.24, 2.45) is 0 Å². The minimum absolute atomic E-state index is 0.0965. The van der Waals surface area contributed by atoms with Gasteiger partial charge in [0.15, 0.2) is 15.5 Å². The molecule has 1 fully saturated rings. The SMILES string of the molecule is CC(C)N(C(=O)c1cc(C2CC2)n(C(C)(C)C)n1)c1ccc(S(C)(=O)=O)cc1. The van der Waals surface area contributed by atoms with E-state index in [0.717, 1.165) is 18.5 Å². The van der Waals surface area contributed by atoms with Gasteiger partial charge >= 0.3 is 0 Å². The molecule has 1 aliphatic carbocycles. The van der Waals surface area contributed by atoms with E-state index in [1.54, 1.807) is 17.0 Å². The van der Waals surface area contributed by atoms with Crippen molar-refractivity contribution in [2.45, 2.75) is 69.9 Å². The van der Waals surface area contributed by atoms with E-state index in [4.69, 9.17) is 0 Å². The van der Waals surface area contributed by atoms with E-state index in [1.807, 2.05) is 24.6 Å². The Bertz CT molecular complexity index is 979. The lowest BCUT2D eigenvalue weighted by atomic mass is 10.1. The van der Waals surface area contributed by atoms with E-state index in [2.05, 4.69) is 25.9 Å². The number of carbonyl (C=O) groups excluding carboxylic acids is 1. The van der Waals surface area contributed by atoms with Crippen molar-refractivity contribution in [1.29, 1.82) is 0 Å². The number of carbonyl (C=O) groups is 1. The van der Waals surface area contributed by atoms with Gasteiger partial charge in [-0.3, -0.25) is 9.48 Å². The van der Waals surface area contributed by atoms with Crippen LogP contribution in [-0.4, -0.2) is 36.4 Å². The Balaban J connectivity index is 1.98. The zero-order valence-corrected chi connectivity index (χ0v) is 18.2. The van der Waals surface area contributed by atoms with E-state index >= 15 is 0 Å². The van der Waals surface area contributed by atoms with Gasteiger partial charge in [-0.1, -0.05) is 0 Å². The van der Waals surface area contributed by atoms with Crippen LogP contribution >= 0.6 is 0 Å². The molecule has 1 saturated carbocycles. The molecule has 0 unspecified atom stereocenters. The van der Waals surface area contributed by atoms with Crippen molar-refractivity contribution in [3.05, 3.63) is 41.7 Å². The number of hydrogen-bond acceptors (Lipinski definition) is 4. The first kappa shape index (κ1) is 20.6. The lowest BCUT2D eigenvalue weighted by molar-refractivity contribution is 0.0974. The van der Waals surface area contributed by atoms with E-state index in [9.17, 15) is 13.2 Å². The van der Waals surface area contributed by atoms with Gasteiger partial charge in [-0.15, -0.1) is 0 Å². The maximum atomic E-state index is 13.3. The molecule has 6 nitrogen and oxygen atoms in total. The number of nitrogens with zero attached hydrogens (tertiary/aromatic N) is 3. The lowest BCUT2D eigenvalue weighted by Crippen LogP contribution is -2.37. The summed E-state index contributed by atoms with van der Waals surface area (Å²) >= 11 is 0. The van der Waals surface area contributed by atoms with Gasteiger partial charge in [-0.2, -0.15) is 5.10 Å². The molecular formula is C21H29N3O3S. The summed E-state index contributed by atoms with van der Waals surface area (Å²) in [6.07, 6.45) is 3.44. The van der Waals surface area contributed by atoms with Gasteiger partial charge in [-0.05, 0) is 77.8 Å². The second-order valence-electron chi connectivity index (χ2n) is 8.85. The Morgan fingerprint density at radius 2 is 1.75 bits per heavy atom. The van der Waals surface area contributed by atoms with E-state index < -0.39 is 9.84 Å². The molecule has 0 bridgehead atoms. The first-order valence-corrected chi connectivity index (χ1v) is 11.5. The Hall–Kier alpha value is -2.15. The van der Waals surface area contributed by atoms with Crippen LogP contribution in [0.4, 0.5) is 5.69 Å². The van der Waals surface area contributed by atoms with Crippen molar-refractivity contribution < 1.29 is 13.2 Å². The molecule has 152 valence electrons. The smallest absolute Gasteiger partial charge is 0.279 e. The van der Waals surface area contributed by atoms with Gasteiger partial charge in [0.25, 0.3) is 5.91 Å². The molecule has 0 N–H and O–H groups in total. The van der Waals surface area contributed by atoms with Crippen LogP contribution in [0.2, 0.25) is 0 Å². The van der Waals surface area contributed by atoms with Gasteiger partial charge in [0.05, 0.1) is 10.4 Å². The molecule has 0 atom stereocenters. The standard InChI is InChI=1S/C21H29N3O3S/c1-14(2)23(16-9-11-17(12-10-16)28(6,26)27)20(25)18-13-19(15-7-8-15)24(22-18)21(3,4)5/h9-15H,7-8H2,1-6H3. The third-order valence-corrected chi connectivity index (χ3v) is 5.99. The predicted octanol–water partition coefficient (Wildman–Crippen LogP) is 3.97. The highest BCUT2D eigenvalue weighted by molar-refractivity contribution is 7.90. The maximum Gasteiger partial charge on any atom is 0.279 e. The van der Waals surface area contributed by atoms with E-state index in [1.165, 1.54) is 18.4 Å². The number of hydrogen-bond donors (Lipinski definition) is 0. The largest absolute Gasteiger partial charge is 0.304 e. The van der Waals surface area contributed by atoms with Crippen molar-refractivity contribution >= 4 is 21.4 Å². The van der Waals surface area contributed by atoms with Gasteiger partial charge in [0.1, 0.15) is 0 Å². The second kappa shape index (κ2) is 7.03. The summed E-state index contributed by atoms with van der Waals surface area (Å²) < 4.78 is 25.4. The zero-order valence-electron chi connectivity index (χ0n) is 17.4. The van der Waals surface area contributed by atoms with Crippen molar-refractivity contribution in [1.82, 2.24) is 9.78 Å². The Morgan fingerprint density at radius 3 is 2.18 bits per heavy atom. The molecule has 1 aromatic carbocycles. The Morgan fingerprint density at radius 1 is 1.18 bits per heavy atom. The predicted molar refractivity (Wildman–Crippen MR) is 111 cm³/mol. The van der Waals surface area contributed by atoms with Gasteiger partial charge < -0.3 is 4.90 Å². The number of aromatic nitrogens is 2. The molecule has 0 aliphatic heterocycles. The van der Waals surface area contributed by atoms with Crippen molar-refractivity contribution in [2.75, 3.05) is 11.2 Å². The summed E-state index contributed by atoms with van der Waals surface area (Å²) in [6.45, 7) is 10.1. The number of rotatable bonds is 5. The molecule has 2 aromatic rings. The molecule has 1 amide bonds. The normalized spacial score (nSPS) is 15.1. The zero-order chi connectivity index (χ0) is 20.9. The van der Waals surface area contributed by atoms with Gasteiger partial charge in [0, 0.05) is 29.6 Å². The fourth-order valence-electron chi connectivity index (χ4n) is 3.33. The van der Waals surface area contributed by atoms with Crippen LogP contribution in [0.3, 0.4) is 0 Å². The van der Waals surface area contributed by atoms with Crippen LogP contribution in [0.5, 0.6) is 0 Å². The summed E-state index contributed by atoms with van der Waals surface area (Å²) in [5.74, 6) is 0.307. The highest BCUT2D eigenvalue weighted by atomic mass is 32.2. The Kier molecular flexibility index (Phi) is 5.17. The molecule has 1 heterocycles. The van der Waals surface area contributed by atoms with Crippen LogP contribution < -0.4 is 4.90 Å². The minimum atomic E-state index is -3.28. The molecular weight excluding hydrogens is 374 g/mol. The van der Waals surface area contributed by atoms with Crippen molar-refractivity contribution in [3.8, 4) is 0 Å². The monoisotopic (exact) mass is 403 g/mol. The first-order chi connectivity index (χ1) is 12.9. The molecule has 0 spiro atoms. The third kappa shape index (κ3) is 4.14. The topological polar surface area (TPSA) is 72.3 Å². The summed E-state index contributed by atoms with van der Waals surface area (Å²) in [5.41, 5.74) is 2.01. The van der Waals surface area contributed by atoms with E-state index in [-0.39, 0.29) is 22.4 Å². The highest BCUT2D eigenvalue weighted by Gasteiger charge is 2.34. The number of anilines is 1. The lowest BCUT2D eigenvalue weighted by Gasteiger charge is -2.26. The maximum absolute atomic E-state index is 13.3. The molecule has 3 rings (SSSR count). The molecule has 7 heteroatoms. The summed E-state index contributed by atoms with van der Waals surface area (Å²) in [5, 5.41) is 4.66. The van der Waals surface area contributed by atoms with Crippen LogP contribution in [0.25, 0.3) is 0 Å². The number of amides is 1. The number of sulfone groups is 1. The second-order valence-corrected chi connectivity index (χ2v) is 10.9. The Labute approximate surface area is 167 Å². The third-order valence-electron chi connectivity index (χ3n) is 4.87. The van der Waals surface area contributed by atoms with Crippen molar-refractivity contribution in [3.63, 3.8) is 0 Å². The van der Waals surface area contributed by atoms with E-state index in [0.29, 0.717) is 17.3 Å². The summed E-state index contributed by atoms with van der Waals surface area (Å²) in [7, 11) is -3.28. The average Bonchev–Trinajstić information content (AvgIpc) is 3.31. The fourth-order valence-corrected chi connectivity index (χ4v) is 3.96. The number of benzene rings is 1. The molecule has 1 aromatic heterocycles. The summed E-state index contributed by atoms with van der Waals surface area (Å²) in [4.78, 5) is 15.2. The average molecular weight is 404 g/mol. The molecule has 0 radical (unpaired) electrons. The van der Waals surface area contributed by atoms with Crippen LogP contribution in [0.15, 0.2) is 35.2 Å². The highest BCUT2D eigenvalue weighted by Crippen LogP contribution is 2.42. The fraction of sp³-hybridized carbons (Fsp3) is 0.524. The van der Waals surface area contributed by atoms with Crippen LogP contribution in [0.1, 0.15) is 69.6 Å². The quantitative estimate of drug-likeness (QED) is 0.757. The van der Waals surface area contributed by atoms with Gasteiger partial charge in [-0.25, -0.2) is 8.42 Å². The van der Waals surface area contributed by atoms with Crippen LogP contribution in [-0.2, 0) is 15.4 Å². The minimum Gasteiger partial charge on any atom is -0.304 e.